The molecule has 6 nitrogen and oxygen atoms in total. The summed E-state index contributed by atoms with van der Waals surface area (Å²) in [6, 6.07) is 9.41. The number of hydrogen-bond acceptors (Lipinski definition) is 4. The number of rotatable bonds is 6. The van der Waals surface area contributed by atoms with Gasteiger partial charge in [0.25, 0.3) is 5.91 Å². The fourth-order valence-electron chi connectivity index (χ4n) is 1.91. The molecule has 1 heterocycles. The molecule has 0 saturated heterocycles. The summed E-state index contributed by atoms with van der Waals surface area (Å²) < 4.78 is 41.9. The summed E-state index contributed by atoms with van der Waals surface area (Å²) in [5.74, 6) is -3.14. The van der Waals surface area contributed by atoms with Gasteiger partial charge >= 0.3 is 6.18 Å². The Kier molecular flexibility index (Phi) is 5.56. The number of nitrogens with zero attached hydrogens (tertiary/aromatic N) is 1. The highest BCUT2D eigenvalue weighted by molar-refractivity contribution is 5.95. The molecule has 24 heavy (non-hydrogen) atoms. The Morgan fingerprint density at radius 3 is 2.50 bits per heavy atom. The number of oxazole rings is 1. The standard InChI is InChI=1S/C15H14F3N3O3/c16-15(17,18)13-12(21-9-24-13)14(23)20-8-11(22)19-7-6-10-4-2-1-3-5-10/h1-5,9H,6-8H2,(H,19,22)(H,20,23). The lowest BCUT2D eigenvalue weighted by Crippen LogP contribution is -2.38. The summed E-state index contributed by atoms with van der Waals surface area (Å²) in [7, 11) is 0. The van der Waals surface area contributed by atoms with Crippen LogP contribution in [0.4, 0.5) is 13.2 Å². The first-order chi connectivity index (χ1) is 11.4. The van der Waals surface area contributed by atoms with Crippen LogP contribution in [-0.2, 0) is 17.4 Å². The van der Waals surface area contributed by atoms with Gasteiger partial charge in [0.2, 0.25) is 11.7 Å². The van der Waals surface area contributed by atoms with E-state index in [1.54, 1.807) is 0 Å². The maximum Gasteiger partial charge on any atom is 0.452 e. The van der Waals surface area contributed by atoms with E-state index in [1.807, 2.05) is 30.3 Å². The number of halogens is 3. The van der Waals surface area contributed by atoms with Crippen LogP contribution in [0.3, 0.4) is 0 Å². The smallest absolute Gasteiger partial charge is 0.438 e. The summed E-state index contributed by atoms with van der Waals surface area (Å²) in [6.45, 7) is -0.117. The fraction of sp³-hybridized carbons (Fsp3) is 0.267. The van der Waals surface area contributed by atoms with Crippen LogP contribution < -0.4 is 10.6 Å². The molecular formula is C15H14F3N3O3. The predicted octanol–water partition coefficient (Wildman–Crippen LogP) is 1.78. The van der Waals surface area contributed by atoms with Gasteiger partial charge in [0.05, 0.1) is 6.54 Å². The fourth-order valence-corrected chi connectivity index (χ4v) is 1.91. The molecule has 128 valence electrons. The molecule has 0 bridgehead atoms. The number of amides is 2. The van der Waals surface area contributed by atoms with Crippen molar-refractivity contribution in [1.29, 1.82) is 0 Å². The zero-order valence-corrected chi connectivity index (χ0v) is 12.4. The minimum Gasteiger partial charge on any atom is -0.438 e. The highest BCUT2D eigenvalue weighted by Gasteiger charge is 2.40. The number of aromatic nitrogens is 1. The molecule has 0 spiro atoms. The lowest BCUT2D eigenvalue weighted by Gasteiger charge is -2.07. The molecule has 0 aliphatic heterocycles. The lowest BCUT2D eigenvalue weighted by atomic mass is 10.1. The highest BCUT2D eigenvalue weighted by atomic mass is 19.4. The van der Waals surface area contributed by atoms with E-state index in [1.165, 1.54) is 0 Å². The second-order valence-electron chi connectivity index (χ2n) is 4.80. The normalized spacial score (nSPS) is 11.1. The quantitative estimate of drug-likeness (QED) is 0.839. The van der Waals surface area contributed by atoms with Crippen LogP contribution in [0.2, 0.25) is 0 Å². The molecule has 2 amide bonds. The summed E-state index contributed by atoms with van der Waals surface area (Å²) in [5, 5.41) is 4.63. The SMILES string of the molecule is O=C(CNC(=O)c1ncoc1C(F)(F)F)NCCc1ccccc1. The van der Waals surface area contributed by atoms with E-state index in [9.17, 15) is 22.8 Å². The Balaban J connectivity index is 1.78. The van der Waals surface area contributed by atoms with Gasteiger partial charge in [-0.15, -0.1) is 0 Å². The molecule has 9 heteroatoms. The third-order valence-electron chi connectivity index (χ3n) is 3.03. The van der Waals surface area contributed by atoms with Crippen molar-refractivity contribution in [2.75, 3.05) is 13.1 Å². The number of benzene rings is 1. The first-order valence-corrected chi connectivity index (χ1v) is 6.97. The van der Waals surface area contributed by atoms with Gasteiger partial charge in [-0.3, -0.25) is 9.59 Å². The van der Waals surface area contributed by atoms with Crippen LogP contribution in [0.5, 0.6) is 0 Å². The van der Waals surface area contributed by atoms with E-state index < -0.39 is 36.0 Å². The van der Waals surface area contributed by atoms with Crippen molar-refractivity contribution in [3.63, 3.8) is 0 Å². The van der Waals surface area contributed by atoms with Crippen molar-refractivity contribution in [2.45, 2.75) is 12.6 Å². The van der Waals surface area contributed by atoms with Gasteiger partial charge in [-0.25, -0.2) is 4.98 Å². The van der Waals surface area contributed by atoms with Gasteiger partial charge < -0.3 is 15.1 Å². The molecule has 1 aromatic carbocycles. The van der Waals surface area contributed by atoms with Crippen LogP contribution in [0.15, 0.2) is 41.1 Å². The Morgan fingerprint density at radius 1 is 1.12 bits per heavy atom. The number of alkyl halides is 3. The van der Waals surface area contributed by atoms with Gasteiger partial charge in [-0.05, 0) is 12.0 Å². The van der Waals surface area contributed by atoms with Crippen molar-refractivity contribution in [1.82, 2.24) is 15.6 Å². The topological polar surface area (TPSA) is 84.2 Å². The zero-order valence-electron chi connectivity index (χ0n) is 12.4. The second kappa shape index (κ2) is 7.62. The first-order valence-electron chi connectivity index (χ1n) is 6.97. The molecule has 0 aliphatic rings. The summed E-state index contributed by atoms with van der Waals surface area (Å²) in [4.78, 5) is 26.5. The Hall–Kier alpha value is -2.84. The monoisotopic (exact) mass is 341 g/mol. The van der Waals surface area contributed by atoms with Crippen LogP contribution in [-0.4, -0.2) is 29.9 Å². The van der Waals surface area contributed by atoms with Crippen molar-refractivity contribution in [3.05, 3.63) is 53.7 Å². The van der Waals surface area contributed by atoms with Crippen LogP contribution >= 0.6 is 0 Å². The first kappa shape index (κ1) is 17.5. The minimum atomic E-state index is -4.83. The average molecular weight is 341 g/mol. The Bertz CT molecular complexity index is 699. The molecule has 0 atom stereocenters. The molecule has 0 unspecified atom stereocenters. The molecular weight excluding hydrogens is 327 g/mol. The Labute approximate surface area is 135 Å². The zero-order chi connectivity index (χ0) is 17.6. The van der Waals surface area contributed by atoms with Crippen molar-refractivity contribution < 1.29 is 27.2 Å². The van der Waals surface area contributed by atoms with Crippen molar-refractivity contribution in [3.8, 4) is 0 Å². The van der Waals surface area contributed by atoms with Crippen molar-refractivity contribution in [2.24, 2.45) is 0 Å². The maximum absolute atomic E-state index is 12.6. The molecule has 1 aromatic heterocycles. The molecule has 0 saturated carbocycles. The van der Waals surface area contributed by atoms with Crippen LogP contribution in [0.25, 0.3) is 0 Å². The molecule has 0 fully saturated rings. The minimum absolute atomic E-state index is 0.344. The van der Waals surface area contributed by atoms with Gasteiger partial charge in [0.15, 0.2) is 12.1 Å². The van der Waals surface area contributed by atoms with Gasteiger partial charge in [0.1, 0.15) is 0 Å². The lowest BCUT2D eigenvalue weighted by molar-refractivity contribution is -0.153. The molecule has 0 aliphatic carbocycles. The van der Waals surface area contributed by atoms with Crippen molar-refractivity contribution >= 4 is 11.8 Å². The number of carbonyl (C=O) groups is 2. The highest BCUT2D eigenvalue weighted by Crippen LogP contribution is 2.31. The van der Waals surface area contributed by atoms with E-state index in [4.69, 9.17) is 0 Å². The summed E-state index contributed by atoms with van der Waals surface area (Å²) >= 11 is 0. The van der Waals surface area contributed by atoms with Gasteiger partial charge in [0, 0.05) is 6.54 Å². The molecule has 2 N–H and O–H groups in total. The largest absolute Gasteiger partial charge is 0.452 e. The van der Waals surface area contributed by atoms with Gasteiger partial charge in [-0.2, -0.15) is 13.2 Å². The van der Waals surface area contributed by atoms with Crippen LogP contribution in [0, 0.1) is 0 Å². The average Bonchev–Trinajstić information content (AvgIpc) is 3.03. The van der Waals surface area contributed by atoms with E-state index in [0.717, 1.165) is 5.56 Å². The number of carbonyl (C=O) groups excluding carboxylic acids is 2. The van der Waals surface area contributed by atoms with E-state index in [0.29, 0.717) is 19.4 Å². The third-order valence-corrected chi connectivity index (χ3v) is 3.03. The Morgan fingerprint density at radius 2 is 1.83 bits per heavy atom. The molecule has 2 rings (SSSR count). The summed E-state index contributed by atoms with van der Waals surface area (Å²) in [6.07, 6.45) is -3.71. The number of hydrogen-bond donors (Lipinski definition) is 2. The summed E-state index contributed by atoms with van der Waals surface area (Å²) in [5.41, 5.74) is 0.124. The van der Waals surface area contributed by atoms with E-state index in [-0.39, 0.29) is 0 Å². The molecule has 0 radical (unpaired) electrons. The number of nitrogens with one attached hydrogen (secondary N) is 2. The molecule has 2 aromatic rings. The third kappa shape index (κ3) is 4.83. The van der Waals surface area contributed by atoms with E-state index in [2.05, 4.69) is 20.0 Å². The second-order valence-corrected chi connectivity index (χ2v) is 4.80. The van der Waals surface area contributed by atoms with E-state index >= 15 is 0 Å². The van der Waals surface area contributed by atoms with Crippen LogP contribution in [0.1, 0.15) is 21.8 Å². The predicted molar refractivity (Wildman–Crippen MR) is 77.0 cm³/mol. The van der Waals surface area contributed by atoms with Gasteiger partial charge in [-0.1, -0.05) is 30.3 Å². The maximum atomic E-state index is 12.6.